The third-order valence-electron chi connectivity index (χ3n) is 3.28. The number of benzene rings is 2. The molecule has 0 unspecified atom stereocenters. The first-order valence-corrected chi connectivity index (χ1v) is 6.83. The maximum atomic E-state index is 13.8. The van der Waals surface area contributed by atoms with Crippen LogP contribution in [0.15, 0.2) is 42.5 Å². The number of hydrogen-bond acceptors (Lipinski definition) is 2. The van der Waals surface area contributed by atoms with Crippen molar-refractivity contribution < 1.29 is 14.3 Å². The summed E-state index contributed by atoms with van der Waals surface area (Å²) in [6.07, 6.45) is 0.365. The van der Waals surface area contributed by atoms with Gasteiger partial charge in [-0.1, -0.05) is 35.9 Å². The summed E-state index contributed by atoms with van der Waals surface area (Å²) in [7, 11) is 1.61. The van der Waals surface area contributed by atoms with Gasteiger partial charge in [0.05, 0.1) is 6.04 Å². The first-order chi connectivity index (χ1) is 10.0. The number of nitrogens with one attached hydrogen (secondary N) is 1. The van der Waals surface area contributed by atoms with Crippen LogP contribution >= 0.6 is 11.6 Å². The van der Waals surface area contributed by atoms with Gasteiger partial charge in [0.2, 0.25) is 0 Å². The van der Waals surface area contributed by atoms with Gasteiger partial charge >= 0.3 is 5.97 Å². The largest absolute Gasteiger partial charge is 0.480 e. The minimum absolute atomic E-state index is 0.342. The summed E-state index contributed by atoms with van der Waals surface area (Å²) >= 11 is 5.88. The van der Waals surface area contributed by atoms with Gasteiger partial charge in [-0.2, -0.15) is 0 Å². The molecule has 0 aliphatic carbocycles. The van der Waals surface area contributed by atoms with E-state index in [1.54, 1.807) is 38.3 Å². The Morgan fingerprint density at radius 2 is 1.95 bits per heavy atom. The minimum Gasteiger partial charge on any atom is -0.480 e. The average molecular weight is 306 g/mol. The summed E-state index contributed by atoms with van der Waals surface area (Å²) in [6, 6.07) is 10.9. The molecule has 0 heterocycles. The molecule has 2 N–H and O–H groups in total. The predicted molar refractivity (Wildman–Crippen MR) is 83.7 cm³/mol. The van der Waals surface area contributed by atoms with Crippen molar-refractivity contribution in [2.24, 2.45) is 0 Å². The second-order valence-electron chi connectivity index (χ2n) is 4.70. The van der Waals surface area contributed by atoms with E-state index in [1.165, 1.54) is 12.1 Å². The van der Waals surface area contributed by atoms with Crippen molar-refractivity contribution in [3.63, 3.8) is 0 Å². The molecule has 0 bridgehead atoms. The van der Waals surface area contributed by atoms with Gasteiger partial charge in [-0.3, -0.25) is 4.79 Å². The van der Waals surface area contributed by atoms with Crippen LogP contribution in [0.5, 0.6) is 0 Å². The highest BCUT2D eigenvalue weighted by molar-refractivity contribution is 6.30. The molecule has 0 aliphatic rings. The van der Waals surface area contributed by atoms with Gasteiger partial charge in [0.1, 0.15) is 5.82 Å². The molecule has 1 atom stereocenters. The summed E-state index contributed by atoms with van der Waals surface area (Å²) in [4.78, 5) is 11.0. The van der Waals surface area contributed by atoms with Gasteiger partial charge < -0.3 is 10.3 Å². The monoisotopic (exact) mass is 305 g/mol. The Balaban J connectivity index is 2.22. The van der Waals surface area contributed by atoms with Crippen LogP contribution < -0.4 is 5.23 Å². The molecule has 0 radical (unpaired) electrons. The van der Waals surface area contributed by atoms with E-state index in [9.17, 15) is 9.18 Å². The highest BCUT2D eigenvalue weighted by Gasteiger charge is 2.15. The Morgan fingerprint density at radius 1 is 1.29 bits per heavy atom. The lowest BCUT2D eigenvalue weighted by atomic mass is 10.00. The van der Waals surface area contributed by atoms with Gasteiger partial charge in [-0.25, -0.2) is 4.39 Å². The van der Waals surface area contributed by atoms with Crippen LogP contribution in [0.3, 0.4) is 0 Å². The summed E-state index contributed by atoms with van der Waals surface area (Å²) in [5.74, 6) is -1.24. The lowest BCUT2D eigenvalue weighted by Gasteiger charge is -2.12. The van der Waals surface area contributed by atoms with E-state index in [0.717, 1.165) is 5.56 Å². The van der Waals surface area contributed by atoms with E-state index >= 15 is 0 Å². The van der Waals surface area contributed by atoms with E-state index in [2.05, 4.69) is 5.23 Å². The van der Waals surface area contributed by atoms with Crippen molar-refractivity contribution >= 4 is 25.6 Å². The summed E-state index contributed by atoms with van der Waals surface area (Å²) < 4.78 is 13.8. The predicted octanol–water partition coefficient (Wildman–Crippen LogP) is 2.28. The topological polar surface area (TPSA) is 49.3 Å². The number of rotatable bonds is 5. The highest BCUT2D eigenvalue weighted by Crippen LogP contribution is 2.26. The van der Waals surface area contributed by atoms with Gasteiger partial charge in [-0.15, -0.1) is 0 Å². The SMILES string of the molecule is BN[C@H](Cc1ccc(-c2cc(Cl)ccc2F)cc1)C(=O)O. The Morgan fingerprint density at radius 3 is 2.52 bits per heavy atom. The van der Waals surface area contributed by atoms with Crippen molar-refractivity contribution in [1.82, 2.24) is 5.23 Å². The molecule has 0 saturated heterocycles. The van der Waals surface area contributed by atoms with Crippen molar-refractivity contribution in [2.45, 2.75) is 12.5 Å². The minimum atomic E-state index is -0.900. The van der Waals surface area contributed by atoms with E-state index in [4.69, 9.17) is 16.7 Å². The second kappa shape index (κ2) is 6.74. The summed E-state index contributed by atoms with van der Waals surface area (Å²) in [5.41, 5.74) is 2.00. The number of aliphatic carboxylic acids is 1. The Hall–Kier alpha value is -1.85. The molecule has 2 rings (SSSR count). The molecule has 0 aromatic heterocycles. The molecule has 0 amide bonds. The maximum absolute atomic E-state index is 13.8. The van der Waals surface area contributed by atoms with Crippen LogP contribution in [0.1, 0.15) is 5.56 Å². The molecular weight excluding hydrogens is 291 g/mol. The normalized spacial score (nSPS) is 12.1. The molecule has 0 aliphatic heterocycles. The quantitative estimate of drug-likeness (QED) is 0.833. The molecule has 2 aromatic carbocycles. The van der Waals surface area contributed by atoms with E-state index in [1.807, 2.05) is 0 Å². The zero-order chi connectivity index (χ0) is 15.4. The molecular formula is C15H14BClFNO2. The fourth-order valence-electron chi connectivity index (χ4n) is 2.09. The molecule has 108 valence electrons. The van der Waals surface area contributed by atoms with E-state index in [-0.39, 0.29) is 5.82 Å². The molecule has 0 spiro atoms. The molecule has 0 saturated carbocycles. The third kappa shape index (κ3) is 3.83. The first kappa shape index (κ1) is 15.5. The van der Waals surface area contributed by atoms with E-state index in [0.29, 0.717) is 22.6 Å². The fraction of sp³-hybridized carbons (Fsp3) is 0.133. The van der Waals surface area contributed by atoms with Gasteiger partial charge in [-0.05, 0) is 35.7 Å². The van der Waals surface area contributed by atoms with Crippen LogP contribution in [0.4, 0.5) is 4.39 Å². The molecule has 2 aromatic rings. The van der Waals surface area contributed by atoms with Crippen LogP contribution in [0, 0.1) is 5.82 Å². The van der Waals surface area contributed by atoms with Gasteiger partial charge in [0.15, 0.2) is 7.98 Å². The van der Waals surface area contributed by atoms with Gasteiger partial charge in [0.25, 0.3) is 0 Å². The summed E-state index contributed by atoms with van der Waals surface area (Å²) in [5, 5.41) is 12.2. The standard InChI is InChI=1S/C15H14BClFNO2/c16-19-14(15(20)21)7-9-1-3-10(4-2-9)12-8-11(17)5-6-13(12)18/h1-6,8,14,19H,7,16H2,(H,20,21)/t14-/m1/s1. The zero-order valence-corrected chi connectivity index (χ0v) is 12.2. The van der Waals surface area contributed by atoms with Crippen molar-refractivity contribution in [3.05, 3.63) is 58.9 Å². The maximum Gasteiger partial charge on any atom is 0.320 e. The van der Waals surface area contributed by atoms with Crippen molar-refractivity contribution in [3.8, 4) is 11.1 Å². The lowest BCUT2D eigenvalue weighted by Crippen LogP contribution is -2.36. The number of carboxylic acid groups (broad SMARTS) is 1. The van der Waals surface area contributed by atoms with Gasteiger partial charge in [0, 0.05) is 10.6 Å². The Kier molecular flexibility index (Phi) is 4.99. The van der Waals surface area contributed by atoms with Crippen LogP contribution in [-0.2, 0) is 11.2 Å². The summed E-state index contributed by atoms with van der Waals surface area (Å²) in [6.45, 7) is 0. The number of hydrogen-bond donors (Lipinski definition) is 2. The molecule has 3 nitrogen and oxygen atoms in total. The molecule has 21 heavy (non-hydrogen) atoms. The lowest BCUT2D eigenvalue weighted by molar-refractivity contribution is -0.138. The fourth-order valence-corrected chi connectivity index (χ4v) is 2.26. The smallest absolute Gasteiger partial charge is 0.320 e. The van der Waals surface area contributed by atoms with Crippen LogP contribution in [0.25, 0.3) is 11.1 Å². The number of carbonyl (C=O) groups is 1. The Labute approximate surface area is 128 Å². The average Bonchev–Trinajstić information content (AvgIpc) is 2.47. The van der Waals surface area contributed by atoms with Crippen molar-refractivity contribution in [1.29, 1.82) is 0 Å². The second-order valence-corrected chi connectivity index (χ2v) is 5.14. The zero-order valence-electron chi connectivity index (χ0n) is 11.4. The number of halogens is 2. The molecule has 0 fully saturated rings. The number of carboxylic acids is 1. The van der Waals surface area contributed by atoms with E-state index < -0.39 is 12.0 Å². The Bertz CT molecular complexity index is 649. The first-order valence-electron chi connectivity index (χ1n) is 6.45. The molecule has 6 heteroatoms. The van der Waals surface area contributed by atoms with Crippen LogP contribution in [0.2, 0.25) is 5.02 Å². The van der Waals surface area contributed by atoms with Crippen LogP contribution in [-0.4, -0.2) is 25.1 Å². The van der Waals surface area contributed by atoms with Crippen molar-refractivity contribution in [2.75, 3.05) is 0 Å². The third-order valence-corrected chi connectivity index (χ3v) is 3.51. The highest BCUT2D eigenvalue weighted by atomic mass is 35.5.